The zero-order valence-corrected chi connectivity index (χ0v) is 16.6. The minimum Gasteiger partial charge on any atom is -0.508 e. The van der Waals surface area contributed by atoms with Gasteiger partial charge in [0, 0.05) is 0 Å². The van der Waals surface area contributed by atoms with Gasteiger partial charge in [0.1, 0.15) is 23.0 Å². The van der Waals surface area contributed by atoms with Crippen molar-refractivity contribution in [2.45, 2.75) is 31.8 Å². The third-order valence-electron chi connectivity index (χ3n) is 5.32. The normalized spacial score (nSPS) is 13.9. The van der Waals surface area contributed by atoms with Crippen LogP contribution in [-0.4, -0.2) is 32.3 Å². The van der Waals surface area contributed by atoms with Gasteiger partial charge in [-0.25, -0.2) is 9.78 Å². The highest BCUT2D eigenvalue weighted by Gasteiger charge is 2.21. The number of carbonyl (C=O) groups is 1. The Morgan fingerprint density at radius 3 is 2.52 bits per heavy atom. The summed E-state index contributed by atoms with van der Waals surface area (Å²) in [6.07, 6.45) is 3.97. The van der Waals surface area contributed by atoms with E-state index in [0.717, 1.165) is 25.7 Å². The average molecular weight is 422 g/mol. The third kappa shape index (κ3) is 4.16. The first-order valence-electron chi connectivity index (χ1n) is 9.86. The van der Waals surface area contributed by atoms with Crippen LogP contribution < -0.4 is 21.8 Å². The molecule has 0 spiro atoms. The number of nitrogens with zero attached hydrogens (tertiary/aromatic N) is 1. The van der Waals surface area contributed by atoms with E-state index in [1.165, 1.54) is 18.2 Å². The molecule has 9 nitrogen and oxygen atoms in total. The van der Waals surface area contributed by atoms with Crippen molar-refractivity contribution in [1.82, 2.24) is 9.97 Å². The molecule has 1 aliphatic rings. The van der Waals surface area contributed by atoms with E-state index < -0.39 is 11.5 Å². The van der Waals surface area contributed by atoms with E-state index in [2.05, 4.69) is 9.97 Å². The number of phenolic OH excluding ortho intramolecular Hbond substituents is 1. The van der Waals surface area contributed by atoms with Crippen molar-refractivity contribution in [2.75, 3.05) is 11.5 Å². The van der Waals surface area contributed by atoms with E-state index in [-0.39, 0.29) is 34.7 Å². The van der Waals surface area contributed by atoms with Crippen molar-refractivity contribution < 1.29 is 19.7 Å². The number of phenols is 1. The highest BCUT2D eigenvalue weighted by Crippen LogP contribution is 2.36. The summed E-state index contributed by atoms with van der Waals surface area (Å²) in [5, 5.41) is 19.2. The molecule has 1 aliphatic carbocycles. The average Bonchev–Trinajstić information content (AvgIpc) is 3.24. The lowest BCUT2D eigenvalue weighted by molar-refractivity contribution is 0.0696. The number of benzene rings is 2. The molecule has 0 unspecified atom stereocenters. The Morgan fingerprint density at radius 2 is 1.84 bits per heavy atom. The minimum atomic E-state index is -1.14. The van der Waals surface area contributed by atoms with Crippen molar-refractivity contribution in [2.24, 2.45) is 0 Å². The number of aromatic nitrogens is 2. The Labute approximate surface area is 177 Å². The molecule has 0 aliphatic heterocycles. The van der Waals surface area contributed by atoms with Gasteiger partial charge in [-0.3, -0.25) is 4.79 Å². The van der Waals surface area contributed by atoms with Gasteiger partial charge in [-0.05, 0) is 67.1 Å². The highest BCUT2D eigenvalue weighted by molar-refractivity contribution is 5.90. The monoisotopic (exact) mass is 422 g/mol. The maximum atomic E-state index is 12.1. The molecule has 31 heavy (non-hydrogen) atoms. The fraction of sp³-hybridized carbons (Fsp3) is 0.227. The molecule has 0 saturated heterocycles. The van der Waals surface area contributed by atoms with Gasteiger partial charge >= 0.3 is 5.97 Å². The molecule has 160 valence electrons. The summed E-state index contributed by atoms with van der Waals surface area (Å²) in [5.74, 6) is -0.686. The summed E-state index contributed by atoms with van der Waals surface area (Å²) >= 11 is 0. The van der Waals surface area contributed by atoms with Crippen LogP contribution in [0.25, 0.3) is 22.5 Å². The standard InChI is InChI=1S/C22H22N4O5/c23-18-19(24)25-20(26-21(18)28)16-6-5-11(10-17(16)31-15-3-1-2-4-15)12-7-13(22(29)30)9-14(27)8-12/h5-10,15,27H,1-4,23H2,(H,29,30)(H3,24,25,26,28). The Balaban J connectivity index is 1.84. The highest BCUT2D eigenvalue weighted by atomic mass is 16.5. The number of hydrogen-bond acceptors (Lipinski definition) is 7. The molecular weight excluding hydrogens is 400 g/mol. The summed E-state index contributed by atoms with van der Waals surface area (Å²) in [4.78, 5) is 30.3. The first-order valence-corrected chi connectivity index (χ1v) is 9.86. The van der Waals surface area contributed by atoms with Gasteiger partial charge in [-0.15, -0.1) is 0 Å². The molecule has 4 rings (SSSR count). The predicted octanol–water partition coefficient (Wildman–Crippen LogP) is 2.99. The molecule has 0 radical (unpaired) electrons. The van der Waals surface area contributed by atoms with Gasteiger partial charge in [0.25, 0.3) is 5.56 Å². The summed E-state index contributed by atoms with van der Waals surface area (Å²) in [7, 11) is 0. The zero-order chi connectivity index (χ0) is 22.1. The van der Waals surface area contributed by atoms with E-state index >= 15 is 0 Å². The molecule has 3 aromatic rings. The maximum Gasteiger partial charge on any atom is 0.335 e. The van der Waals surface area contributed by atoms with Gasteiger partial charge in [0.15, 0.2) is 5.82 Å². The number of rotatable bonds is 5. The van der Waals surface area contributed by atoms with Crippen LogP contribution in [0.5, 0.6) is 11.5 Å². The number of aromatic amines is 1. The fourth-order valence-corrected chi connectivity index (χ4v) is 3.71. The number of aromatic hydroxyl groups is 1. The van der Waals surface area contributed by atoms with Crippen LogP contribution in [-0.2, 0) is 0 Å². The van der Waals surface area contributed by atoms with Crippen LogP contribution in [0.3, 0.4) is 0 Å². The van der Waals surface area contributed by atoms with Crippen LogP contribution in [0, 0.1) is 0 Å². The summed E-state index contributed by atoms with van der Waals surface area (Å²) < 4.78 is 6.23. The van der Waals surface area contributed by atoms with E-state index in [1.54, 1.807) is 18.2 Å². The summed E-state index contributed by atoms with van der Waals surface area (Å²) in [6, 6.07) is 9.30. The smallest absolute Gasteiger partial charge is 0.335 e. The second kappa shape index (κ2) is 8.02. The lowest BCUT2D eigenvalue weighted by Crippen LogP contribution is -2.18. The van der Waals surface area contributed by atoms with E-state index in [0.29, 0.717) is 22.4 Å². The molecule has 1 fully saturated rings. The number of carboxylic acid groups (broad SMARTS) is 1. The number of ether oxygens (including phenoxy) is 1. The molecule has 7 N–H and O–H groups in total. The molecule has 2 aromatic carbocycles. The predicted molar refractivity (Wildman–Crippen MR) is 116 cm³/mol. The number of H-pyrrole nitrogens is 1. The molecule has 9 heteroatoms. The quantitative estimate of drug-likeness (QED) is 0.418. The van der Waals surface area contributed by atoms with Crippen LogP contribution in [0.2, 0.25) is 0 Å². The van der Waals surface area contributed by atoms with Crippen molar-refractivity contribution in [3.63, 3.8) is 0 Å². The molecule has 0 amide bonds. The molecular formula is C22H22N4O5. The SMILES string of the molecule is Nc1nc(-c2ccc(-c3cc(O)cc(C(=O)O)c3)cc2OC2CCCC2)[nH]c(=O)c1N. The molecule has 1 saturated carbocycles. The first kappa shape index (κ1) is 20.3. The van der Waals surface area contributed by atoms with Crippen LogP contribution in [0.1, 0.15) is 36.0 Å². The zero-order valence-electron chi connectivity index (χ0n) is 16.6. The number of carboxylic acids is 1. The Hall–Kier alpha value is -4.01. The fourth-order valence-electron chi connectivity index (χ4n) is 3.71. The van der Waals surface area contributed by atoms with E-state index in [9.17, 15) is 19.8 Å². The van der Waals surface area contributed by atoms with Crippen LogP contribution >= 0.6 is 0 Å². The van der Waals surface area contributed by atoms with Gasteiger partial charge < -0.3 is 31.4 Å². The van der Waals surface area contributed by atoms with Crippen molar-refractivity contribution in [3.8, 4) is 34.0 Å². The number of anilines is 2. The van der Waals surface area contributed by atoms with Gasteiger partial charge in [0.05, 0.1) is 17.2 Å². The lowest BCUT2D eigenvalue weighted by Gasteiger charge is -2.18. The first-order chi connectivity index (χ1) is 14.8. The molecule has 1 heterocycles. The van der Waals surface area contributed by atoms with Crippen molar-refractivity contribution >= 4 is 17.5 Å². The Morgan fingerprint density at radius 1 is 1.10 bits per heavy atom. The second-order valence-corrected chi connectivity index (χ2v) is 7.52. The topological polar surface area (TPSA) is 165 Å². The number of nitrogens with two attached hydrogens (primary N) is 2. The number of hydrogen-bond donors (Lipinski definition) is 5. The number of aromatic carboxylic acids is 1. The Kier molecular flexibility index (Phi) is 5.24. The number of nitrogens with one attached hydrogen (secondary N) is 1. The lowest BCUT2D eigenvalue weighted by atomic mass is 10.00. The van der Waals surface area contributed by atoms with Crippen LogP contribution in [0.4, 0.5) is 11.5 Å². The molecule has 0 bridgehead atoms. The van der Waals surface area contributed by atoms with E-state index in [4.69, 9.17) is 16.2 Å². The summed E-state index contributed by atoms with van der Waals surface area (Å²) in [5.41, 5.74) is 12.3. The van der Waals surface area contributed by atoms with Crippen LogP contribution in [0.15, 0.2) is 41.2 Å². The van der Waals surface area contributed by atoms with Crippen molar-refractivity contribution in [3.05, 3.63) is 52.3 Å². The largest absolute Gasteiger partial charge is 0.508 e. The summed E-state index contributed by atoms with van der Waals surface area (Å²) in [6.45, 7) is 0. The minimum absolute atomic E-state index is 0.0191. The molecule has 1 aromatic heterocycles. The molecule has 0 atom stereocenters. The van der Waals surface area contributed by atoms with E-state index in [1.807, 2.05) is 0 Å². The maximum absolute atomic E-state index is 12.1. The van der Waals surface area contributed by atoms with Gasteiger partial charge in [0.2, 0.25) is 0 Å². The number of nitrogen functional groups attached to an aromatic ring is 2. The van der Waals surface area contributed by atoms with Gasteiger partial charge in [-0.2, -0.15) is 0 Å². The third-order valence-corrected chi connectivity index (χ3v) is 5.32. The van der Waals surface area contributed by atoms with Crippen molar-refractivity contribution in [1.29, 1.82) is 0 Å². The second-order valence-electron chi connectivity index (χ2n) is 7.52. The Bertz CT molecular complexity index is 1220. The van der Waals surface area contributed by atoms with Gasteiger partial charge in [-0.1, -0.05) is 6.07 Å².